The number of halogens is 4. The Kier molecular flexibility index (Phi) is 2.15. The summed E-state index contributed by atoms with van der Waals surface area (Å²) in [6.45, 7) is 0. The highest BCUT2D eigenvalue weighted by Crippen LogP contribution is 2.33. The molecule has 0 N–H and O–H groups in total. The summed E-state index contributed by atoms with van der Waals surface area (Å²) >= 11 is 0. The average Bonchev–Trinajstić information content (AvgIpc) is 2.21. The first-order chi connectivity index (χ1) is 6.36. The Hall–Kier alpha value is -1.71. The van der Waals surface area contributed by atoms with Crippen LogP contribution in [0.1, 0.15) is 0 Å². The molecule has 0 bridgehead atoms. The smallest absolute Gasteiger partial charge is 0.288 e. The molecule has 0 amide bonds. The molecule has 0 aliphatic heterocycles. The number of carbonyl (C=O) groups is 2. The number of rotatable bonds is 0. The predicted molar refractivity (Wildman–Crippen MR) is 33.6 cm³/mol. The summed E-state index contributed by atoms with van der Waals surface area (Å²) in [5.41, 5.74) is -3.96. The SMILES string of the molecule is N#CC1(F)C(=O)C(F)=C(F)C(=O)C1F. The van der Waals surface area contributed by atoms with E-state index in [-0.39, 0.29) is 0 Å². The lowest BCUT2D eigenvalue weighted by Gasteiger charge is -2.21. The first-order valence-electron chi connectivity index (χ1n) is 3.24. The van der Waals surface area contributed by atoms with Gasteiger partial charge < -0.3 is 0 Å². The Morgan fingerprint density at radius 2 is 1.79 bits per heavy atom. The minimum atomic E-state index is -3.96. The number of allylic oxidation sites excluding steroid dienone is 2. The van der Waals surface area contributed by atoms with E-state index in [9.17, 15) is 27.2 Å². The Morgan fingerprint density at radius 3 is 2.21 bits per heavy atom. The summed E-state index contributed by atoms with van der Waals surface area (Å²) < 4.78 is 50.5. The van der Waals surface area contributed by atoms with Crippen molar-refractivity contribution >= 4 is 11.6 Å². The first-order valence-corrected chi connectivity index (χ1v) is 3.24. The molecule has 0 fully saturated rings. The zero-order valence-electron chi connectivity index (χ0n) is 6.35. The van der Waals surface area contributed by atoms with E-state index >= 15 is 0 Å². The largest absolute Gasteiger partial charge is 0.298 e. The summed E-state index contributed by atoms with van der Waals surface area (Å²) in [7, 11) is 0. The van der Waals surface area contributed by atoms with Crippen LogP contribution in [0.25, 0.3) is 0 Å². The van der Waals surface area contributed by atoms with Crippen molar-refractivity contribution in [1.82, 2.24) is 0 Å². The van der Waals surface area contributed by atoms with Crippen molar-refractivity contribution in [2.75, 3.05) is 0 Å². The van der Waals surface area contributed by atoms with Gasteiger partial charge >= 0.3 is 0 Å². The Morgan fingerprint density at radius 1 is 1.29 bits per heavy atom. The lowest BCUT2D eigenvalue weighted by molar-refractivity contribution is -0.139. The van der Waals surface area contributed by atoms with E-state index in [2.05, 4.69) is 0 Å². The molecule has 3 nitrogen and oxygen atoms in total. The summed E-state index contributed by atoms with van der Waals surface area (Å²) in [5, 5.41) is 8.06. The van der Waals surface area contributed by atoms with Gasteiger partial charge in [-0.15, -0.1) is 0 Å². The maximum atomic E-state index is 13.0. The zero-order chi connectivity index (χ0) is 11.1. The second-order valence-corrected chi connectivity index (χ2v) is 2.51. The minimum absolute atomic E-state index is 0.508. The average molecular weight is 207 g/mol. The van der Waals surface area contributed by atoms with Gasteiger partial charge in [0.2, 0.25) is 29.4 Å². The van der Waals surface area contributed by atoms with Crippen LogP contribution in [0.2, 0.25) is 0 Å². The van der Waals surface area contributed by atoms with Crippen LogP contribution in [-0.2, 0) is 9.59 Å². The van der Waals surface area contributed by atoms with E-state index in [1.807, 2.05) is 0 Å². The Bertz CT molecular complexity index is 397. The number of nitriles is 1. The normalized spacial score (nSPS) is 33.2. The summed E-state index contributed by atoms with van der Waals surface area (Å²) in [5.74, 6) is -9.12. The van der Waals surface area contributed by atoms with Crippen molar-refractivity contribution < 1.29 is 27.2 Å². The minimum Gasteiger partial charge on any atom is -0.288 e. The molecule has 0 heterocycles. The Balaban J connectivity index is 3.41. The number of ketones is 2. The van der Waals surface area contributed by atoms with Crippen molar-refractivity contribution in [3.05, 3.63) is 11.7 Å². The van der Waals surface area contributed by atoms with E-state index in [0.29, 0.717) is 6.07 Å². The molecule has 7 heteroatoms. The van der Waals surface area contributed by atoms with Gasteiger partial charge in [-0.1, -0.05) is 0 Å². The van der Waals surface area contributed by atoms with Crippen molar-refractivity contribution in [3.8, 4) is 6.07 Å². The van der Waals surface area contributed by atoms with E-state index in [0.717, 1.165) is 0 Å². The van der Waals surface area contributed by atoms with Gasteiger partial charge in [0.25, 0.3) is 5.67 Å². The van der Waals surface area contributed by atoms with Gasteiger partial charge in [-0.2, -0.15) is 14.0 Å². The molecule has 2 unspecified atom stereocenters. The molecule has 2 atom stereocenters. The quantitative estimate of drug-likeness (QED) is 0.553. The standard InChI is InChI=1S/C7HF4NO2/c8-2-3(9)6(14)7(11,1-12)5(10)4(2)13/h5H. The molecule has 14 heavy (non-hydrogen) atoms. The fraction of sp³-hybridized carbons (Fsp3) is 0.286. The molecule has 0 spiro atoms. The van der Waals surface area contributed by atoms with Crippen LogP contribution in [0.3, 0.4) is 0 Å². The molecule has 0 saturated heterocycles. The lowest BCUT2D eigenvalue weighted by Crippen LogP contribution is -2.50. The Labute approximate surface area is 74.6 Å². The number of hydrogen-bond acceptors (Lipinski definition) is 3. The molecule has 0 saturated carbocycles. The molecular formula is C7HF4NO2. The van der Waals surface area contributed by atoms with Gasteiger partial charge in [0.05, 0.1) is 0 Å². The van der Waals surface area contributed by atoms with Crippen LogP contribution in [0.4, 0.5) is 17.6 Å². The van der Waals surface area contributed by atoms with Crippen LogP contribution < -0.4 is 0 Å². The van der Waals surface area contributed by atoms with Gasteiger partial charge in [0.1, 0.15) is 6.07 Å². The second-order valence-electron chi connectivity index (χ2n) is 2.51. The van der Waals surface area contributed by atoms with Crippen LogP contribution >= 0.6 is 0 Å². The van der Waals surface area contributed by atoms with Gasteiger partial charge in [0, 0.05) is 0 Å². The second kappa shape index (κ2) is 2.90. The molecule has 0 aromatic rings. The molecule has 1 rings (SSSR count). The predicted octanol–water partition coefficient (Wildman–Crippen LogP) is 0.859. The monoisotopic (exact) mass is 207 g/mol. The van der Waals surface area contributed by atoms with Crippen LogP contribution in [0.5, 0.6) is 0 Å². The van der Waals surface area contributed by atoms with Gasteiger partial charge in [-0.25, -0.2) is 8.78 Å². The molecule has 0 aromatic carbocycles. The van der Waals surface area contributed by atoms with Crippen LogP contribution in [0.15, 0.2) is 11.7 Å². The molecular weight excluding hydrogens is 206 g/mol. The van der Waals surface area contributed by atoms with Gasteiger partial charge in [-0.3, -0.25) is 9.59 Å². The molecule has 1 aliphatic rings. The lowest BCUT2D eigenvalue weighted by atomic mass is 9.87. The highest BCUT2D eigenvalue weighted by Gasteiger charge is 2.58. The van der Waals surface area contributed by atoms with Crippen molar-refractivity contribution in [1.29, 1.82) is 5.26 Å². The van der Waals surface area contributed by atoms with Crippen LogP contribution in [-0.4, -0.2) is 23.4 Å². The van der Waals surface area contributed by atoms with Gasteiger partial charge in [0.15, 0.2) is 0 Å². The van der Waals surface area contributed by atoms with Gasteiger partial charge in [-0.05, 0) is 0 Å². The first kappa shape index (κ1) is 10.4. The van der Waals surface area contributed by atoms with Crippen molar-refractivity contribution in [2.45, 2.75) is 11.8 Å². The fourth-order valence-corrected chi connectivity index (χ4v) is 0.882. The van der Waals surface area contributed by atoms with E-state index in [1.165, 1.54) is 0 Å². The number of hydrogen-bond donors (Lipinski definition) is 0. The highest BCUT2D eigenvalue weighted by atomic mass is 19.2. The molecule has 1 aliphatic carbocycles. The van der Waals surface area contributed by atoms with E-state index in [1.54, 1.807) is 0 Å². The zero-order valence-corrected chi connectivity index (χ0v) is 6.35. The maximum Gasteiger partial charge on any atom is 0.298 e. The molecule has 0 radical (unpaired) electrons. The summed E-state index contributed by atoms with van der Waals surface area (Å²) in [6.07, 6.45) is -3.32. The number of Topliss-reactive ketones (excluding diaryl/α,β-unsaturated/α-hetero) is 2. The topological polar surface area (TPSA) is 57.9 Å². The molecule has 74 valence electrons. The summed E-state index contributed by atoms with van der Waals surface area (Å²) in [4.78, 5) is 21.0. The number of carbonyl (C=O) groups excluding carboxylic acids is 2. The third-order valence-electron chi connectivity index (χ3n) is 1.68. The highest BCUT2D eigenvalue weighted by molar-refractivity contribution is 6.17. The van der Waals surface area contributed by atoms with Crippen molar-refractivity contribution in [3.63, 3.8) is 0 Å². The third-order valence-corrected chi connectivity index (χ3v) is 1.68. The molecule has 0 aromatic heterocycles. The fourth-order valence-electron chi connectivity index (χ4n) is 0.882. The number of nitrogens with zero attached hydrogens (tertiary/aromatic N) is 1. The van der Waals surface area contributed by atoms with Crippen molar-refractivity contribution in [2.24, 2.45) is 0 Å². The summed E-state index contributed by atoms with van der Waals surface area (Å²) in [6, 6.07) is 0.508. The number of alkyl halides is 2. The van der Waals surface area contributed by atoms with E-state index < -0.39 is 35.1 Å². The third kappa shape index (κ3) is 1.04. The van der Waals surface area contributed by atoms with E-state index in [4.69, 9.17) is 5.26 Å². The maximum absolute atomic E-state index is 13.0. The van der Waals surface area contributed by atoms with Crippen LogP contribution in [0, 0.1) is 11.3 Å².